The van der Waals surface area contributed by atoms with Gasteiger partial charge in [0.2, 0.25) is 5.91 Å². The number of carboxylic acids is 1. The second kappa shape index (κ2) is 6.65. The van der Waals surface area contributed by atoms with E-state index in [1.165, 1.54) is 18.2 Å². The van der Waals surface area contributed by atoms with E-state index in [0.29, 0.717) is 5.56 Å². The Morgan fingerprint density at radius 2 is 2.10 bits per heavy atom. The highest BCUT2D eigenvalue weighted by atomic mass is 16.6. The van der Waals surface area contributed by atoms with Gasteiger partial charge >= 0.3 is 5.97 Å². The predicted octanol–water partition coefficient (Wildman–Crippen LogP) is 1.68. The smallest absolute Gasteiger partial charge is 0.326 e. The zero-order valence-electron chi connectivity index (χ0n) is 11.2. The molecule has 1 amide bonds. The number of benzene rings is 1. The Bertz CT molecular complexity index is 529. The van der Waals surface area contributed by atoms with Gasteiger partial charge < -0.3 is 10.4 Å². The number of carboxylic acid groups (broad SMARTS) is 1. The highest BCUT2D eigenvalue weighted by molar-refractivity contribution is 5.87. The quantitative estimate of drug-likeness (QED) is 0.608. The third-order valence-electron chi connectivity index (χ3n) is 3.00. The van der Waals surface area contributed by atoms with Gasteiger partial charge in [-0.05, 0) is 18.9 Å². The highest BCUT2D eigenvalue weighted by Gasteiger charge is 2.23. The number of carbonyl (C=O) groups excluding carboxylic acids is 1. The van der Waals surface area contributed by atoms with Crippen LogP contribution in [0.5, 0.6) is 0 Å². The molecule has 2 unspecified atom stereocenters. The van der Waals surface area contributed by atoms with E-state index in [1.807, 2.05) is 0 Å². The van der Waals surface area contributed by atoms with Gasteiger partial charge in [-0.2, -0.15) is 0 Å². The van der Waals surface area contributed by atoms with E-state index in [2.05, 4.69) is 5.32 Å². The summed E-state index contributed by atoms with van der Waals surface area (Å²) in [6, 6.07) is 4.78. The normalized spacial score (nSPS) is 13.3. The van der Waals surface area contributed by atoms with Crippen molar-refractivity contribution in [3.05, 3.63) is 39.9 Å². The van der Waals surface area contributed by atoms with Gasteiger partial charge in [0.1, 0.15) is 6.04 Å². The lowest BCUT2D eigenvalue weighted by atomic mass is 9.99. The minimum Gasteiger partial charge on any atom is -0.480 e. The van der Waals surface area contributed by atoms with Gasteiger partial charge in [-0.3, -0.25) is 14.9 Å². The number of rotatable bonds is 6. The fourth-order valence-electron chi connectivity index (χ4n) is 1.69. The molecule has 0 bridgehead atoms. The molecule has 1 aromatic rings. The summed E-state index contributed by atoms with van der Waals surface area (Å²) in [4.78, 5) is 33.0. The molecule has 0 saturated heterocycles. The SMILES string of the molecule is CCC(NC(=O)C(C)c1cccc([N+](=O)[O-])c1)C(=O)O. The number of hydrogen-bond acceptors (Lipinski definition) is 4. The first-order chi connectivity index (χ1) is 9.36. The van der Waals surface area contributed by atoms with E-state index in [-0.39, 0.29) is 12.1 Å². The van der Waals surface area contributed by atoms with Crippen molar-refractivity contribution in [1.29, 1.82) is 0 Å². The minimum absolute atomic E-state index is 0.104. The summed E-state index contributed by atoms with van der Waals surface area (Å²) in [7, 11) is 0. The third-order valence-corrected chi connectivity index (χ3v) is 3.00. The van der Waals surface area contributed by atoms with Gasteiger partial charge in [0.25, 0.3) is 5.69 Å². The molecule has 0 spiro atoms. The summed E-state index contributed by atoms with van der Waals surface area (Å²) in [5.41, 5.74) is 0.365. The van der Waals surface area contributed by atoms with Gasteiger partial charge in [0.05, 0.1) is 10.8 Å². The molecule has 2 atom stereocenters. The molecule has 7 nitrogen and oxygen atoms in total. The summed E-state index contributed by atoms with van der Waals surface area (Å²) >= 11 is 0. The number of nitrogens with zero attached hydrogens (tertiary/aromatic N) is 1. The topological polar surface area (TPSA) is 110 Å². The first-order valence-electron chi connectivity index (χ1n) is 6.14. The number of nitro groups is 1. The van der Waals surface area contributed by atoms with E-state index in [9.17, 15) is 19.7 Å². The van der Waals surface area contributed by atoms with Crippen LogP contribution in [0, 0.1) is 10.1 Å². The van der Waals surface area contributed by atoms with Gasteiger partial charge in [-0.1, -0.05) is 19.1 Å². The van der Waals surface area contributed by atoms with Crippen molar-refractivity contribution >= 4 is 17.6 Å². The summed E-state index contributed by atoms with van der Waals surface area (Å²) in [6.45, 7) is 3.22. The van der Waals surface area contributed by atoms with Crippen LogP contribution in [0.2, 0.25) is 0 Å². The first kappa shape index (κ1) is 15.6. The number of carbonyl (C=O) groups is 2. The Hall–Kier alpha value is -2.44. The standard InChI is InChI=1S/C13H16N2O5/c1-3-11(13(17)18)14-12(16)8(2)9-5-4-6-10(7-9)15(19)20/h4-8,11H,3H2,1-2H3,(H,14,16)(H,17,18). The van der Waals surface area contributed by atoms with Crippen LogP contribution in [0.3, 0.4) is 0 Å². The molecule has 7 heteroatoms. The number of amides is 1. The van der Waals surface area contributed by atoms with Crippen LogP contribution < -0.4 is 5.32 Å². The van der Waals surface area contributed by atoms with Gasteiger partial charge in [0, 0.05) is 12.1 Å². The molecule has 0 heterocycles. The fraction of sp³-hybridized carbons (Fsp3) is 0.385. The molecule has 0 saturated carbocycles. The van der Waals surface area contributed by atoms with Crippen LogP contribution in [0.4, 0.5) is 5.69 Å². The van der Waals surface area contributed by atoms with Crippen LogP contribution in [-0.2, 0) is 9.59 Å². The maximum atomic E-state index is 12.0. The summed E-state index contributed by atoms with van der Waals surface area (Å²) in [6.07, 6.45) is 0.267. The number of non-ortho nitro benzene ring substituents is 1. The van der Waals surface area contributed by atoms with Crippen molar-refractivity contribution in [3.63, 3.8) is 0 Å². The molecule has 108 valence electrons. The van der Waals surface area contributed by atoms with Crippen molar-refractivity contribution in [2.75, 3.05) is 0 Å². The lowest BCUT2D eigenvalue weighted by Gasteiger charge is -2.16. The molecule has 0 aliphatic carbocycles. The van der Waals surface area contributed by atoms with Gasteiger partial charge in [-0.15, -0.1) is 0 Å². The molecular weight excluding hydrogens is 264 g/mol. The Morgan fingerprint density at radius 3 is 2.60 bits per heavy atom. The fourth-order valence-corrected chi connectivity index (χ4v) is 1.69. The Kier molecular flexibility index (Phi) is 5.19. The Morgan fingerprint density at radius 1 is 1.45 bits per heavy atom. The molecule has 0 aliphatic rings. The van der Waals surface area contributed by atoms with Crippen molar-refractivity contribution in [2.45, 2.75) is 32.2 Å². The van der Waals surface area contributed by atoms with Crippen LogP contribution >= 0.6 is 0 Å². The molecule has 0 aliphatic heterocycles. The van der Waals surface area contributed by atoms with Crippen LogP contribution in [0.15, 0.2) is 24.3 Å². The zero-order valence-corrected chi connectivity index (χ0v) is 11.2. The number of nitrogens with one attached hydrogen (secondary N) is 1. The summed E-state index contributed by atoms with van der Waals surface area (Å²) < 4.78 is 0. The molecule has 20 heavy (non-hydrogen) atoms. The van der Waals surface area contributed by atoms with Crippen molar-refractivity contribution < 1.29 is 19.6 Å². The molecule has 0 radical (unpaired) electrons. The van der Waals surface area contributed by atoms with E-state index in [1.54, 1.807) is 19.9 Å². The number of aliphatic carboxylic acids is 1. The Balaban J connectivity index is 2.86. The van der Waals surface area contributed by atoms with E-state index in [0.717, 1.165) is 0 Å². The lowest BCUT2D eigenvalue weighted by Crippen LogP contribution is -2.42. The second-order valence-corrected chi connectivity index (χ2v) is 4.38. The largest absolute Gasteiger partial charge is 0.480 e. The lowest BCUT2D eigenvalue weighted by molar-refractivity contribution is -0.384. The van der Waals surface area contributed by atoms with Crippen molar-refractivity contribution in [2.24, 2.45) is 0 Å². The average molecular weight is 280 g/mol. The number of nitro benzene ring substituents is 1. The third kappa shape index (κ3) is 3.78. The maximum Gasteiger partial charge on any atom is 0.326 e. The zero-order chi connectivity index (χ0) is 15.3. The molecule has 2 N–H and O–H groups in total. The first-order valence-corrected chi connectivity index (χ1v) is 6.14. The summed E-state index contributed by atoms with van der Waals surface area (Å²) in [5.74, 6) is -2.24. The maximum absolute atomic E-state index is 12.0. The van der Waals surface area contributed by atoms with E-state index >= 15 is 0 Å². The van der Waals surface area contributed by atoms with Gasteiger partial charge in [-0.25, -0.2) is 4.79 Å². The summed E-state index contributed by atoms with van der Waals surface area (Å²) in [5, 5.41) is 22.0. The molecule has 1 rings (SSSR count). The monoisotopic (exact) mass is 280 g/mol. The molecular formula is C13H16N2O5. The molecule has 0 fully saturated rings. The Labute approximate surface area is 115 Å². The minimum atomic E-state index is -1.10. The van der Waals surface area contributed by atoms with Crippen LogP contribution in [0.25, 0.3) is 0 Å². The molecule has 1 aromatic carbocycles. The van der Waals surface area contributed by atoms with Crippen molar-refractivity contribution in [1.82, 2.24) is 5.32 Å². The van der Waals surface area contributed by atoms with E-state index < -0.39 is 28.8 Å². The second-order valence-electron chi connectivity index (χ2n) is 4.38. The molecule has 0 aromatic heterocycles. The van der Waals surface area contributed by atoms with Crippen LogP contribution in [0.1, 0.15) is 31.7 Å². The predicted molar refractivity (Wildman–Crippen MR) is 71.4 cm³/mol. The average Bonchev–Trinajstić information content (AvgIpc) is 2.43. The van der Waals surface area contributed by atoms with E-state index in [4.69, 9.17) is 5.11 Å². The van der Waals surface area contributed by atoms with Crippen molar-refractivity contribution in [3.8, 4) is 0 Å². The number of hydrogen-bond donors (Lipinski definition) is 2. The van der Waals surface area contributed by atoms with Crippen LogP contribution in [-0.4, -0.2) is 27.9 Å². The highest BCUT2D eigenvalue weighted by Crippen LogP contribution is 2.21. The van der Waals surface area contributed by atoms with Gasteiger partial charge in [0.15, 0.2) is 0 Å².